The Labute approximate surface area is 137 Å². The number of hydrogen-bond donors (Lipinski definition) is 0. The maximum Gasteiger partial charge on any atom is 0.283 e. The van der Waals surface area contributed by atoms with Crippen molar-refractivity contribution >= 4 is 21.6 Å². The molecular formula is C16H21ClN2O2S. The molecule has 0 bridgehead atoms. The second-order valence-corrected chi connectivity index (χ2v) is 7.87. The molecule has 2 rings (SSSR count). The van der Waals surface area contributed by atoms with Crippen molar-refractivity contribution < 1.29 is 8.42 Å². The molecule has 22 heavy (non-hydrogen) atoms. The van der Waals surface area contributed by atoms with E-state index in [1.54, 1.807) is 13.8 Å². The molecule has 0 aliphatic carbocycles. The Kier molecular flexibility index (Phi) is 4.17. The fraction of sp³-hybridized carbons (Fsp3) is 0.438. The summed E-state index contributed by atoms with van der Waals surface area (Å²) in [5, 5.41) is 4.51. The number of rotatable bonds is 2. The van der Waals surface area contributed by atoms with E-state index in [2.05, 4.69) is 5.10 Å². The molecule has 0 fully saturated rings. The molecule has 0 atom stereocenters. The molecule has 120 valence electrons. The first kappa shape index (κ1) is 17.0. The fourth-order valence-electron chi connectivity index (χ4n) is 2.77. The van der Waals surface area contributed by atoms with E-state index in [4.69, 9.17) is 11.6 Å². The average molecular weight is 341 g/mol. The summed E-state index contributed by atoms with van der Waals surface area (Å²) in [5.74, 6) is 0. The van der Waals surface area contributed by atoms with Gasteiger partial charge in [0.2, 0.25) is 0 Å². The Hall–Kier alpha value is -1.33. The first-order valence-corrected chi connectivity index (χ1v) is 8.87. The molecule has 2 aromatic rings. The van der Waals surface area contributed by atoms with Gasteiger partial charge in [0, 0.05) is 0 Å². The first-order valence-electron chi connectivity index (χ1n) is 7.06. The number of halogens is 1. The predicted octanol–water partition coefficient (Wildman–Crippen LogP) is 3.93. The van der Waals surface area contributed by atoms with Crippen molar-refractivity contribution in [1.82, 2.24) is 9.19 Å². The summed E-state index contributed by atoms with van der Waals surface area (Å²) in [7, 11) is -3.77. The van der Waals surface area contributed by atoms with Crippen LogP contribution in [-0.2, 0) is 10.0 Å². The second-order valence-electron chi connectivity index (χ2n) is 5.79. The van der Waals surface area contributed by atoms with Crippen LogP contribution < -0.4 is 0 Å². The monoisotopic (exact) mass is 340 g/mol. The third-order valence-corrected chi connectivity index (χ3v) is 7.07. The van der Waals surface area contributed by atoms with Gasteiger partial charge in [0.25, 0.3) is 10.0 Å². The predicted molar refractivity (Wildman–Crippen MR) is 89.4 cm³/mol. The van der Waals surface area contributed by atoms with E-state index in [0.29, 0.717) is 21.3 Å². The van der Waals surface area contributed by atoms with E-state index in [1.807, 2.05) is 34.6 Å². The van der Waals surface area contributed by atoms with Crippen molar-refractivity contribution in [2.75, 3.05) is 0 Å². The molecule has 6 heteroatoms. The van der Waals surface area contributed by atoms with Gasteiger partial charge in [-0.05, 0) is 76.3 Å². The van der Waals surface area contributed by atoms with Gasteiger partial charge in [-0.3, -0.25) is 0 Å². The van der Waals surface area contributed by atoms with Crippen LogP contribution in [-0.4, -0.2) is 17.6 Å². The van der Waals surface area contributed by atoms with Crippen LogP contribution >= 0.6 is 11.6 Å². The summed E-state index contributed by atoms with van der Waals surface area (Å²) in [6, 6.07) is 0. The lowest BCUT2D eigenvalue weighted by molar-refractivity contribution is 0.576. The van der Waals surface area contributed by atoms with Gasteiger partial charge >= 0.3 is 0 Å². The van der Waals surface area contributed by atoms with E-state index in [1.165, 1.54) is 0 Å². The minimum absolute atomic E-state index is 0.329. The van der Waals surface area contributed by atoms with E-state index >= 15 is 0 Å². The van der Waals surface area contributed by atoms with Crippen molar-refractivity contribution in [3.8, 4) is 0 Å². The smallest absolute Gasteiger partial charge is 0.199 e. The van der Waals surface area contributed by atoms with Crippen LogP contribution in [0.25, 0.3) is 0 Å². The molecule has 0 spiro atoms. The summed E-state index contributed by atoms with van der Waals surface area (Å²) < 4.78 is 27.3. The van der Waals surface area contributed by atoms with Crippen molar-refractivity contribution in [2.45, 2.75) is 53.4 Å². The van der Waals surface area contributed by atoms with Gasteiger partial charge < -0.3 is 0 Å². The number of hydrogen-bond acceptors (Lipinski definition) is 3. The van der Waals surface area contributed by atoms with Gasteiger partial charge in [0.05, 0.1) is 21.3 Å². The molecule has 0 aliphatic heterocycles. The molecular weight excluding hydrogens is 320 g/mol. The van der Waals surface area contributed by atoms with Crippen LogP contribution in [0, 0.1) is 48.5 Å². The SMILES string of the molecule is Cc1nn(S(=O)(=O)c2c(C)c(C)c(C)c(C)c2C)c(C)c1Cl. The first-order chi connectivity index (χ1) is 10.0. The van der Waals surface area contributed by atoms with Gasteiger partial charge in [0.15, 0.2) is 0 Å². The zero-order chi connectivity index (χ0) is 17.0. The third kappa shape index (κ3) is 2.27. The van der Waals surface area contributed by atoms with Crippen LogP contribution in [0.4, 0.5) is 0 Å². The highest BCUT2D eigenvalue weighted by atomic mass is 35.5. The van der Waals surface area contributed by atoms with Gasteiger partial charge in [-0.2, -0.15) is 17.6 Å². The lowest BCUT2D eigenvalue weighted by atomic mass is 9.95. The average Bonchev–Trinajstić information content (AvgIpc) is 2.71. The maximum atomic E-state index is 13.1. The molecule has 0 amide bonds. The van der Waals surface area contributed by atoms with Crippen LogP contribution in [0.3, 0.4) is 0 Å². The summed E-state index contributed by atoms with van der Waals surface area (Å²) in [4.78, 5) is 0.329. The van der Waals surface area contributed by atoms with Gasteiger partial charge in [0.1, 0.15) is 0 Å². The molecule has 0 saturated carbocycles. The van der Waals surface area contributed by atoms with Crippen LogP contribution in [0.15, 0.2) is 4.90 Å². The van der Waals surface area contributed by atoms with E-state index in [-0.39, 0.29) is 0 Å². The topological polar surface area (TPSA) is 52.0 Å². The summed E-state index contributed by atoms with van der Waals surface area (Å²) in [6.45, 7) is 13.0. The van der Waals surface area contributed by atoms with Crippen LogP contribution in [0.1, 0.15) is 39.2 Å². The van der Waals surface area contributed by atoms with E-state index in [0.717, 1.165) is 31.9 Å². The Morgan fingerprint density at radius 2 is 1.23 bits per heavy atom. The number of benzene rings is 1. The maximum absolute atomic E-state index is 13.1. The molecule has 1 heterocycles. The Balaban J connectivity index is 2.89. The van der Waals surface area contributed by atoms with Crippen molar-refractivity contribution in [3.63, 3.8) is 0 Å². The number of aromatic nitrogens is 2. The standard InChI is InChI=1S/C16H21ClN2O2S/c1-8-9(2)11(4)16(12(5)10(8)3)22(20,21)19-14(7)15(17)13(6)18-19/h1-7H3. The normalized spacial score (nSPS) is 12.0. The second kappa shape index (κ2) is 5.39. The van der Waals surface area contributed by atoms with Gasteiger partial charge in [-0.25, -0.2) is 0 Å². The van der Waals surface area contributed by atoms with Crippen molar-refractivity contribution in [3.05, 3.63) is 44.2 Å². The quantitative estimate of drug-likeness (QED) is 0.832. The van der Waals surface area contributed by atoms with Crippen molar-refractivity contribution in [2.24, 2.45) is 0 Å². The van der Waals surface area contributed by atoms with E-state index in [9.17, 15) is 8.42 Å². The number of aryl methyl sites for hydroxylation is 1. The minimum Gasteiger partial charge on any atom is -0.199 e. The Morgan fingerprint density at radius 3 is 1.59 bits per heavy atom. The highest BCUT2D eigenvalue weighted by Crippen LogP contribution is 2.32. The zero-order valence-electron chi connectivity index (χ0n) is 14.0. The third-order valence-electron chi connectivity index (χ3n) is 4.58. The zero-order valence-corrected chi connectivity index (χ0v) is 15.6. The summed E-state index contributed by atoms with van der Waals surface area (Å²) in [6.07, 6.45) is 0. The highest BCUT2D eigenvalue weighted by molar-refractivity contribution is 7.90. The fourth-order valence-corrected chi connectivity index (χ4v) is 4.88. The minimum atomic E-state index is -3.77. The van der Waals surface area contributed by atoms with Gasteiger partial charge in [-0.1, -0.05) is 11.6 Å². The number of nitrogens with zero attached hydrogens (tertiary/aromatic N) is 2. The molecule has 0 radical (unpaired) electrons. The molecule has 0 unspecified atom stereocenters. The molecule has 1 aromatic carbocycles. The molecule has 0 N–H and O–H groups in total. The highest BCUT2D eigenvalue weighted by Gasteiger charge is 2.28. The molecule has 4 nitrogen and oxygen atoms in total. The molecule has 0 aliphatic rings. The molecule has 1 aromatic heterocycles. The van der Waals surface area contributed by atoms with Crippen LogP contribution in [0.2, 0.25) is 5.02 Å². The summed E-state index contributed by atoms with van der Waals surface area (Å²) in [5.41, 5.74) is 5.60. The van der Waals surface area contributed by atoms with Crippen molar-refractivity contribution in [1.29, 1.82) is 0 Å². The largest absolute Gasteiger partial charge is 0.283 e. The van der Waals surface area contributed by atoms with Gasteiger partial charge in [-0.15, -0.1) is 0 Å². The Bertz CT molecular complexity index is 851. The van der Waals surface area contributed by atoms with E-state index < -0.39 is 10.0 Å². The van der Waals surface area contributed by atoms with Crippen LogP contribution in [0.5, 0.6) is 0 Å². The summed E-state index contributed by atoms with van der Waals surface area (Å²) >= 11 is 6.11. The Morgan fingerprint density at radius 1 is 0.818 bits per heavy atom. The lowest BCUT2D eigenvalue weighted by Crippen LogP contribution is -2.20. The lowest BCUT2D eigenvalue weighted by Gasteiger charge is -2.19. The molecule has 0 saturated heterocycles.